The average Bonchev–Trinajstić information content (AvgIpc) is 3.11. The van der Waals surface area contributed by atoms with E-state index in [0.717, 1.165) is 5.56 Å². The number of nitrogens with one attached hydrogen (secondary N) is 1. The Hall–Kier alpha value is -3.15. The largest absolute Gasteiger partial charge is 0.488 e. The van der Waals surface area contributed by atoms with E-state index >= 15 is 0 Å². The van der Waals surface area contributed by atoms with Crippen LogP contribution in [0.25, 0.3) is 11.3 Å². The number of hydrogen-bond acceptors (Lipinski definition) is 5. The standard InChI is InChI=1S/C18H17N3O3/c1-2-23-18(22)17-16(19-21-20-17)14-10-6-7-11-15(14)24-12-13-8-4-3-5-9-13/h3-11H,2,12H2,1H3,(H,19,20,21). The molecule has 0 aliphatic carbocycles. The lowest BCUT2D eigenvalue weighted by atomic mass is 10.1. The fourth-order valence-electron chi connectivity index (χ4n) is 2.28. The maximum absolute atomic E-state index is 12.0. The van der Waals surface area contributed by atoms with Crippen molar-refractivity contribution in [3.05, 3.63) is 65.9 Å². The molecular weight excluding hydrogens is 306 g/mol. The SMILES string of the molecule is CCOC(=O)c1n[nH]nc1-c1ccccc1OCc1ccccc1. The van der Waals surface area contributed by atoms with Crippen molar-refractivity contribution in [1.29, 1.82) is 0 Å². The summed E-state index contributed by atoms with van der Waals surface area (Å²) in [5, 5.41) is 10.5. The van der Waals surface area contributed by atoms with Gasteiger partial charge in [0.05, 0.1) is 6.61 Å². The van der Waals surface area contributed by atoms with Gasteiger partial charge in [-0.3, -0.25) is 0 Å². The van der Waals surface area contributed by atoms with Crippen LogP contribution in [0.4, 0.5) is 0 Å². The second-order valence-corrected chi connectivity index (χ2v) is 5.01. The third-order valence-corrected chi connectivity index (χ3v) is 3.40. The lowest BCUT2D eigenvalue weighted by molar-refractivity contribution is 0.0520. The van der Waals surface area contributed by atoms with Crippen LogP contribution in [0.2, 0.25) is 0 Å². The second kappa shape index (κ2) is 7.41. The van der Waals surface area contributed by atoms with Crippen LogP contribution in [0.5, 0.6) is 5.75 Å². The Morgan fingerprint density at radius 2 is 1.79 bits per heavy atom. The van der Waals surface area contributed by atoms with Crippen LogP contribution in [0.3, 0.4) is 0 Å². The molecule has 0 radical (unpaired) electrons. The van der Waals surface area contributed by atoms with Gasteiger partial charge in [0.25, 0.3) is 0 Å². The van der Waals surface area contributed by atoms with Crippen molar-refractivity contribution in [3.8, 4) is 17.0 Å². The molecule has 0 bridgehead atoms. The van der Waals surface area contributed by atoms with Gasteiger partial charge in [0, 0.05) is 5.56 Å². The van der Waals surface area contributed by atoms with Crippen LogP contribution in [0, 0.1) is 0 Å². The number of carbonyl (C=O) groups is 1. The normalized spacial score (nSPS) is 10.4. The molecule has 0 fully saturated rings. The number of ether oxygens (including phenoxy) is 2. The van der Waals surface area contributed by atoms with Crippen molar-refractivity contribution in [2.45, 2.75) is 13.5 Å². The van der Waals surface area contributed by atoms with Crippen molar-refractivity contribution in [2.24, 2.45) is 0 Å². The summed E-state index contributed by atoms with van der Waals surface area (Å²) < 4.78 is 10.9. The highest BCUT2D eigenvalue weighted by atomic mass is 16.5. The van der Waals surface area contributed by atoms with Crippen molar-refractivity contribution < 1.29 is 14.3 Å². The maximum Gasteiger partial charge on any atom is 0.361 e. The molecule has 0 unspecified atom stereocenters. The highest BCUT2D eigenvalue weighted by Crippen LogP contribution is 2.30. The lowest BCUT2D eigenvalue weighted by Gasteiger charge is -2.10. The number of carbonyl (C=O) groups excluding carboxylic acids is 1. The summed E-state index contributed by atoms with van der Waals surface area (Å²) in [6, 6.07) is 17.2. The lowest BCUT2D eigenvalue weighted by Crippen LogP contribution is -2.07. The minimum atomic E-state index is -0.515. The van der Waals surface area contributed by atoms with E-state index in [1.165, 1.54) is 0 Å². The Morgan fingerprint density at radius 1 is 1.04 bits per heavy atom. The molecule has 0 saturated carbocycles. The number of esters is 1. The summed E-state index contributed by atoms with van der Waals surface area (Å²) >= 11 is 0. The summed E-state index contributed by atoms with van der Waals surface area (Å²) in [5.41, 5.74) is 2.30. The van der Waals surface area contributed by atoms with Crippen LogP contribution in [-0.2, 0) is 11.3 Å². The molecule has 122 valence electrons. The van der Waals surface area contributed by atoms with Crippen molar-refractivity contribution in [3.63, 3.8) is 0 Å². The number of H-pyrrole nitrogens is 1. The number of nitrogens with zero attached hydrogens (tertiary/aromatic N) is 2. The molecule has 6 nitrogen and oxygen atoms in total. The van der Waals surface area contributed by atoms with Gasteiger partial charge in [-0.05, 0) is 24.6 Å². The minimum absolute atomic E-state index is 0.146. The first-order chi connectivity index (χ1) is 11.8. The van der Waals surface area contributed by atoms with Gasteiger partial charge >= 0.3 is 5.97 Å². The molecule has 1 heterocycles. The molecule has 24 heavy (non-hydrogen) atoms. The van der Waals surface area contributed by atoms with Gasteiger partial charge < -0.3 is 9.47 Å². The average molecular weight is 323 g/mol. The maximum atomic E-state index is 12.0. The van der Waals surface area contributed by atoms with Crippen molar-refractivity contribution in [2.75, 3.05) is 6.61 Å². The number of hydrogen-bond donors (Lipinski definition) is 1. The zero-order valence-electron chi connectivity index (χ0n) is 13.2. The molecule has 0 spiro atoms. The molecule has 0 saturated heterocycles. The van der Waals surface area contributed by atoms with E-state index in [2.05, 4.69) is 15.4 Å². The molecule has 0 atom stereocenters. The Labute approximate surface area is 139 Å². The predicted octanol–water partition coefficient (Wildman–Crippen LogP) is 3.23. The molecule has 0 aliphatic rings. The summed E-state index contributed by atoms with van der Waals surface area (Å²) in [7, 11) is 0. The number of benzene rings is 2. The number of rotatable bonds is 6. The molecule has 3 aromatic rings. The first kappa shape index (κ1) is 15.7. The van der Waals surface area contributed by atoms with Gasteiger partial charge in [-0.1, -0.05) is 42.5 Å². The zero-order valence-corrected chi connectivity index (χ0v) is 13.2. The van der Waals surface area contributed by atoms with Crippen LogP contribution >= 0.6 is 0 Å². The Bertz CT molecular complexity index is 815. The monoisotopic (exact) mass is 323 g/mol. The number of aromatic amines is 1. The molecule has 1 aromatic heterocycles. The highest BCUT2D eigenvalue weighted by molar-refractivity contribution is 5.94. The Morgan fingerprint density at radius 3 is 2.58 bits per heavy atom. The highest BCUT2D eigenvalue weighted by Gasteiger charge is 2.21. The first-order valence-electron chi connectivity index (χ1n) is 7.63. The van der Waals surface area contributed by atoms with Crippen LogP contribution < -0.4 is 4.74 Å². The van der Waals surface area contributed by atoms with Crippen molar-refractivity contribution >= 4 is 5.97 Å². The fourth-order valence-corrected chi connectivity index (χ4v) is 2.28. The smallest absolute Gasteiger partial charge is 0.361 e. The third kappa shape index (κ3) is 3.43. The number of aromatic nitrogens is 3. The van der Waals surface area contributed by atoms with E-state index < -0.39 is 5.97 Å². The van der Waals surface area contributed by atoms with Gasteiger partial charge in [-0.2, -0.15) is 10.3 Å². The minimum Gasteiger partial charge on any atom is -0.488 e. The summed E-state index contributed by atoms with van der Waals surface area (Å²) in [4.78, 5) is 12.0. The zero-order chi connectivity index (χ0) is 16.8. The molecule has 2 aromatic carbocycles. The van der Waals surface area contributed by atoms with Gasteiger partial charge in [0.2, 0.25) is 0 Å². The second-order valence-electron chi connectivity index (χ2n) is 5.01. The fraction of sp³-hybridized carbons (Fsp3) is 0.167. The van der Waals surface area contributed by atoms with Gasteiger partial charge in [0.1, 0.15) is 18.1 Å². The van der Waals surface area contributed by atoms with E-state index in [1.807, 2.05) is 54.6 Å². The summed E-state index contributed by atoms with van der Waals surface area (Å²) in [6.45, 7) is 2.44. The van der Waals surface area contributed by atoms with E-state index in [4.69, 9.17) is 9.47 Å². The molecule has 0 aliphatic heterocycles. The number of para-hydroxylation sites is 1. The van der Waals surface area contributed by atoms with Crippen LogP contribution in [0.15, 0.2) is 54.6 Å². The topological polar surface area (TPSA) is 77.1 Å². The first-order valence-corrected chi connectivity index (χ1v) is 7.63. The quantitative estimate of drug-likeness (QED) is 0.705. The summed E-state index contributed by atoms with van der Waals surface area (Å²) in [5.74, 6) is 0.111. The Kier molecular flexibility index (Phi) is 4.86. The van der Waals surface area contributed by atoms with Crippen molar-refractivity contribution in [1.82, 2.24) is 15.4 Å². The Balaban J connectivity index is 1.87. The molecule has 6 heteroatoms. The van der Waals surface area contributed by atoms with E-state index in [0.29, 0.717) is 23.6 Å². The molecule has 0 amide bonds. The van der Waals surface area contributed by atoms with Crippen LogP contribution in [0.1, 0.15) is 23.0 Å². The van der Waals surface area contributed by atoms with Gasteiger partial charge in [-0.15, -0.1) is 5.10 Å². The molecule has 1 N–H and O–H groups in total. The van der Waals surface area contributed by atoms with E-state index in [1.54, 1.807) is 6.92 Å². The van der Waals surface area contributed by atoms with E-state index in [9.17, 15) is 4.79 Å². The van der Waals surface area contributed by atoms with Crippen LogP contribution in [-0.4, -0.2) is 28.0 Å². The predicted molar refractivity (Wildman–Crippen MR) is 88.5 cm³/mol. The van der Waals surface area contributed by atoms with Gasteiger partial charge in [-0.25, -0.2) is 4.79 Å². The summed E-state index contributed by atoms with van der Waals surface area (Å²) in [6.07, 6.45) is 0. The molecule has 3 rings (SSSR count). The molecular formula is C18H17N3O3. The third-order valence-electron chi connectivity index (χ3n) is 3.40. The van der Waals surface area contributed by atoms with Gasteiger partial charge in [0.15, 0.2) is 5.69 Å². The van der Waals surface area contributed by atoms with E-state index in [-0.39, 0.29) is 12.3 Å².